The summed E-state index contributed by atoms with van der Waals surface area (Å²) in [5.74, 6) is 0.124. The van der Waals surface area contributed by atoms with Crippen LogP contribution in [0.5, 0.6) is 11.5 Å². The highest BCUT2D eigenvalue weighted by Gasteiger charge is 2.12. The van der Waals surface area contributed by atoms with E-state index in [1.807, 2.05) is 0 Å². The van der Waals surface area contributed by atoms with Crippen LogP contribution < -0.4 is 16.2 Å². The first-order chi connectivity index (χ1) is 8.97. The molecule has 0 aromatic heterocycles. The van der Waals surface area contributed by atoms with E-state index < -0.39 is 5.91 Å². The van der Waals surface area contributed by atoms with Gasteiger partial charge < -0.3 is 16.2 Å². The molecule has 4 nitrogen and oxygen atoms in total. The Bertz CT molecular complexity index is 647. The van der Waals surface area contributed by atoms with Gasteiger partial charge in [-0.15, -0.1) is 0 Å². The lowest BCUT2D eigenvalue weighted by molar-refractivity contribution is 0.0998. The molecule has 0 spiro atoms. The van der Waals surface area contributed by atoms with E-state index in [-0.39, 0.29) is 5.56 Å². The molecule has 6 heteroatoms. The summed E-state index contributed by atoms with van der Waals surface area (Å²) < 4.78 is 6.43. The fourth-order valence-corrected chi connectivity index (χ4v) is 2.22. The summed E-state index contributed by atoms with van der Waals surface area (Å²) in [4.78, 5) is 11.3. The molecule has 0 fully saturated rings. The number of hydrogen-bond acceptors (Lipinski definition) is 3. The molecule has 98 valence electrons. The number of amides is 1. The largest absolute Gasteiger partial charge is 0.455 e. The van der Waals surface area contributed by atoms with Crippen LogP contribution in [0.15, 0.2) is 40.9 Å². The minimum atomic E-state index is -0.615. The molecule has 2 aromatic rings. The molecule has 0 bridgehead atoms. The standard InChI is InChI=1S/C13H10BrClN2O2/c14-7-1-3-12(10(15)5-7)19-11-4-2-8(16)6-9(11)13(17)18/h1-6H,16H2,(H2,17,18). The van der Waals surface area contributed by atoms with Crippen LogP contribution in [-0.4, -0.2) is 5.91 Å². The number of primary amides is 1. The Labute approximate surface area is 123 Å². The molecule has 0 aliphatic heterocycles. The van der Waals surface area contributed by atoms with E-state index in [0.29, 0.717) is 22.2 Å². The van der Waals surface area contributed by atoms with E-state index in [1.165, 1.54) is 6.07 Å². The highest BCUT2D eigenvalue weighted by molar-refractivity contribution is 9.10. The second-order valence-corrected chi connectivity index (χ2v) is 5.12. The van der Waals surface area contributed by atoms with Crippen molar-refractivity contribution in [1.29, 1.82) is 0 Å². The third-order valence-electron chi connectivity index (χ3n) is 2.38. The normalized spacial score (nSPS) is 10.2. The van der Waals surface area contributed by atoms with Gasteiger partial charge >= 0.3 is 0 Å². The number of nitrogens with two attached hydrogens (primary N) is 2. The van der Waals surface area contributed by atoms with Gasteiger partial charge in [-0.25, -0.2) is 0 Å². The third kappa shape index (κ3) is 3.19. The van der Waals surface area contributed by atoms with Gasteiger partial charge in [0.15, 0.2) is 0 Å². The number of hydrogen-bond donors (Lipinski definition) is 2. The van der Waals surface area contributed by atoms with E-state index in [4.69, 9.17) is 27.8 Å². The Morgan fingerprint density at radius 2 is 1.84 bits per heavy atom. The van der Waals surface area contributed by atoms with Gasteiger partial charge in [0.2, 0.25) is 0 Å². The van der Waals surface area contributed by atoms with Crippen molar-refractivity contribution < 1.29 is 9.53 Å². The van der Waals surface area contributed by atoms with E-state index in [2.05, 4.69) is 15.9 Å². The predicted octanol–water partition coefficient (Wildman–Crippen LogP) is 3.58. The van der Waals surface area contributed by atoms with Crippen molar-refractivity contribution in [2.75, 3.05) is 5.73 Å². The summed E-state index contributed by atoms with van der Waals surface area (Å²) in [6.45, 7) is 0. The van der Waals surface area contributed by atoms with Gasteiger partial charge in [0.05, 0.1) is 10.6 Å². The molecule has 0 aliphatic carbocycles. The zero-order valence-corrected chi connectivity index (χ0v) is 12.0. The van der Waals surface area contributed by atoms with Crippen LogP contribution in [-0.2, 0) is 0 Å². The zero-order chi connectivity index (χ0) is 14.0. The Balaban J connectivity index is 2.40. The Morgan fingerprint density at radius 1 is 1.16 bits per heavy atom. The lowest BCUT2D eigenvalue weighted by Crippen LogP contribution is -2.12. The zero-order valence-electron chi connectivity index (χ0n) is 9.69. The van der Waals surface area contributed by atoms with Gasteiger partial charge in [0.25, 0.3) is 5.91 Å². The predicted molar refractivity (Wildman–Crippen MR) is 78.6 cm³/mol. The Kier molecular flexibility index (Phi) is 3.97. The van der Waals surface area contributed by atoms with Gasteiger partial charge in [-0.3, -0.25) is 4.79 Å². The highest BCUT2D eigenvalue weighted by atomic mass is 79.9. The van der Waals surface area contributed by atoms with Crippen LogP contribution in [0.2, 0.25) is 5.02 Å². The van der Waals surface area contributed by atoms with Crippen LogP contribution in [0.4, 0.5) is 5.69 Å². The first-order valence-electron chi connectivity index (χ1n) is 5.29. The molecule has 2 aromatic carbocycles. The van der Waals surface area contributed by atoms with Gasteiger partial charge in [-0.2, -0.15) is 0 Å². The first kappa shape index (κ1) is 13.7. The Hall–Kier alpha value is -1.72. The summed E-state index contributed by atoms with van der Waals surface area (Å²) in [5, 5.41) is 0.418. The average Bonchev–Trinajstić information content (AvgIpc) is 2.34. The molecule has 0 aliphatic rings. The van der Waals surface area contributed by atoms with Crippen LogP contribution in [0.25, 0.3) is 0 Å². The van der Waals surface area contributed by atoms with Gasteiger partial charge in [-0.05, 0) is 36.4 Å². The Morgan fingerprint density at radius 3 is 2.47 bits per heavy atom. The first-order valence-corrected chi connectivity index (χ1v) is 6.46. The number of carbonyl (C=O) groups excluding carboxylic acids is 1. The number of benzene rings is 2. The monoisotopic (exact) mass is 340 g/mol. The molecule has 2 rings (SSSR count). The van der Waals surface area contributed by atoms with Crippen molar-refractivity contribution in [2.24, 2.45) is 5.73 Å². The SMILES string of the molecule is NC(=O)c1cc(N)ccc1Oc1ccc(Br)cc1Cl. The quantitative estimate of drug-likeness (QED) is 0.838. The van der Waals surface area contributed by atoms with Crippen LogP contribution >= 0.6 is 27.5 Å². The second-order valence-electron chi connectivity index (χ2n) is 3.80. The van der Waals surface area contributed by atoms with E-state index in [0.717, 1.165) is 4.47 Å². The molecule has 0 saturated heterocycles. The van der Waals surface area contributed by atoms with Crippen molar-refractivity contribution in [2.45, 2.75) is 0 Å². The molecular weight excluding hydrogens is 332 g/mol. The topological polar surface area (TPSA) is 78.3 Å². The highest BCUT2D eigenvalue weighted by Crippen LogP contribution is 2.33. The van der Waals surface area contributed by atoms with E-state index in [1.54, 1.807) is 30.3 Å². The molecule has 0 radical (unpaired) electrons. The van der Waals surface area contributed by atoms with Gasteiger partial charge in [0, 0.05) is 10.2 Å². The van der Waals surface area contributed by atoms with Crippen LogP contribution in [0, 0.1) is 0 Å². The third-order valence-corrected chi connectivity index (χ3v) is 3.17. The molecule has 0 atom stereocenters. The molecule has 0 heterocycles. The summed E-state index contributed by atoms with van der Waals surface area (Å²) in [7, 11) is 0. The summed E-state index contributed by atoms with van der Waals surface area (Å²) in [5.41, 5.74) is 11.5. The van der Waals surface area contributed by atoms with Gasteiger partial charge in [-0.1, -0.05) is 27.5 Å². The molecule has 0 unspecified atom stereocenters. The average molecular weight is 342 g/mol. The number of ether oxygens (including phenoxy) is 1. The number of nitrogen functional groups attached to an aromatic ring is 1. The van der Waals surface area contributed by atoms with E-state index in [9.17, 15) is 4.79 Å². The summed E-state index contributed by atoms with van der Waals surface area (Å²) in [6.07, 6.45) is 0. The van der Waals surface area contributed by atoms with Crippen molar-refractivity contribution in [3.05, 3.63) is 51.5 Å². The van der Waals surface area contributed by atoms with Crippen molar-refractivity contribution in [3.8, 4) is 11.5 Å². The minimum Gasteiger partial charge on any atom is -0.455 e. The maximum Gasteiger partial charge on any atom is 0.252 e. The fourth-order valence-electron chi connectivity index (χ4n) is 1.51. The number of carbonyl (C=O) groups is 1. The maximum absolute atomic E-state index is 11.3. The number of halogens is 2. The van der Waals surface area contributed by atoms with E-state index >= 15 is 0 Å². The number of anilines is 1. The smallest absolute Gasteiger partial charge is 0.252 e. The number of rotatable bonds is 3. The summed E-state index contributed by atoms with van der Waals surface area (Å²) in [6, 6.07) is 9.82. The van der Waals surface area contributed by atoms with Crippen molar-refractivity contribution in [3.63, 3.8) is 0 Å². The summed E-state index contributed by atoms with van der Waals surface area (Å²) >= 11 is 9.35. The van der Waals surface area contributed by atoms with Crippen molar-refractivity contribution >= 4 is 39.1 Å². The fraction of sp³-hybridized carbons (Fsp3) is 0. The maximum atomic E-state index is 11.3. The lowest BCUT2D eigenvalue weighted by Gasteiger charge is -2.11. The minimum absolute atomic E-state index is 0.207. The second kappa shape index (κ2) is 5.50. The van der Waals surface area contributed by atoms with Gasteiger partial charge in [0.1, 0.15) is 11.5 Å². The van der Waals surface area contributed by atoms with Crippen molar-refractivity contribution in [1.82, 2.24) is 0 Å². The molecule has 1 amide bonds. The van der Waals surface area contributed by atoms with Crippen LogP contribution in [0.1, 0.15) is 10.4 Å². The lowest BCUT2D eigenvalue weighted by atomic mass is 10.1. The molecule has 4 N–H and O–H groups in total. The molecule has 0 saturated carbocycles. The molecular formula is C13H10BrClN2O2. The van der Waals surface area contributed by atoms with Crippen LogP contribution in [0.3, 0.4) is 0 Å². The molecule has 19 heavy (non-hydrogen) atoms.